The summed E-state index contributed by atoms with van der Waals surface area (Å²) in [6.07, 6.45) is 0. The molecule has 0 unspecified atom stereocenters. The Bertz CT molecular complexity index is 1050. The van der Waals surface area contributed by atoms with Crippen molar-refractivity contribution in [2.24, 2.45) is 0 Å². The highest BCUT2D eigenvalue weighted by atomic mass is 79.9. The van der Waals surface area contributed by atoms with E-state index in [1.54, 1.807) is 31.2 Å². The predicted molar refractivity (Wildman–Crippen MR) is 108 cm³/mol. The van der Waals surface area contributed by atoms with Crippen molar-refractivity contribution < 1.29 is 19.3 Å². The lowest BCUT2D eigenvalue weighted by Crippen LogP contribution is -2.42. The molecule has 9 nitrogen and oxygen atoms in total. The molecule has 3 rings (SSSR count). The standard InChI is InChI=1S/C18H14BrClN4O5/c1-18(11-4-2-3-5-12(11)19)16(26)23(17(27)22-18)9-15(25)21-14-8-10(24(28)29)6-7-13(14)20/h2-8H,9H2,1H3,(H,21,25)(H,22,27)/t18-/m0/s1. The fourth-order valence-corrected chi connectivity index (χ4v) is 3.79. The lowest BCUT2D eigenvalue weighted by molar-refractivity contribution is -0.384. The number of rotatable bonds is 5. The molecule has 0 radical (unpaired) electrons. The van der Waals surface area contributed by atoms with E-state index in [2.05, 4.69) is 26.6 Å². The molecule has 2 N–H and O–H groups in total. The number of halogens is 2. The van der Waals surface area contributed by atoms with Crippen LogP contribution in [0.25, 0.3) is 0 Å². The molecule has 1 atom stereocenters. The predicted octanol–water partition coefficient (Wildman–Crippen LogP) is 3.42. The van der Waals surface area contributed by atoms with Gasteiger partial charge in [-0.25, -0.2) is 4.79 Å². The van der Waals surface area contributed by atoms with E-state index in [1.807, 2.05) is 0 Å². The minimum absolute atomic E-state index is 0.00601. The number of urea groups is 1. The maximum atomic E-state index is 12.9. The van der Waals surface area contributed by atoms with E-state index in [4.69, 9.17) is 11.6 Å². The molecule has 1 aliphatic heterocycles. The minimum atomic E-state index is -1.35. The zero-order chi connectivity index (χ0) is 21.3. The van der Waals surface area contributed by atoms with Crippen molar-refractivity contribution in [2.75, 3.05) is 11.9 Å². The Morgan fingerprint density at radius 1 is 1.31 bits per heavy atom. The third kappa shape index (κ3) is 3.94. The van der Waals surface area contributed by atoms with Gasteiger partial charge in [0.15, 0.2) is 0 Å². The molecule has 0 bridgehead atoms. The van der Waals surface area contributed by atoms with E-state index in [9.17, 15) is 24.5 Å². The van der Waals surface area contributed by atoms with Gasteiger partial charge in [0.05, 0.1) is 15.6 Å². The maximum Gasteiger partial charge on any atom is 0.325 e. The summed E-state index contributed by atoms with van der Waals surface area (Å²) >= 11 is 9.32. The van der Waals surface area contributed by atoms with Crippen molar-refractivity contribution in [1.29, 1.82) is 0 Å². The molecule has 29 heavy (non-hydrogen) atoms. The van der Waals surface area contributed by atoms with Crippen LogP contribution in [-0.2, 0) is 15.1 Å². The highest BCUT2D eigenvalue weighted by Gasteiger charge is 2.50. The number of nitro benzene ring substituents is 1. The molecule has 1 heterocycles. The van der Waals surface area contributed by atoms with Crippen LogP contribution in [0.15, 0.2) is 46.9 Å². The van der Waals surface area contributed by atoms with Gasteiger partial charge in [-0.2, -0.15) is 0 Å². The number of anilines is 1. The lowest BCUT2D eigenvalue weighted by Gasteiger charge is -2.23. The number of benzene rings is 2. The molecule has 0 spiro atoms. The van der Waals surface area contributed by atoms with E-state index in [-0.39, 0.29) is 16.4 Å². The zero-order valence-corrected chi connectivity index (χ0v) is 17.3. The van der Waals surface area contributed by atoms with Crippen molar-refractivity contribution in [3.63, 3.8) is 0 Å². The molecule has 2 aromatic rings. The van der Waals surface area contributed by atoms with Crippen molar-refractivity contribution in [2.45, 2.75) is 12.5 Å². The summed E-state index contributed by atoms with van der Waals surface area (Å²) in [6.45, 7) is 0.965. The monoisotopic (exact) mass is 480 g/mol. The van der Waals surface area contributed by atoms with Crippen LogP contribution < -0.4 is 10.6 Å². The summed E-state index contributed by atoms with van der Waals surface area (Å²) in [5.41, 5.74) is -1.06. The Hall–Kier alpha value is -2.98. The molecular weight excluding hydrogens is 468 g/mol. The summed E-state index contributed by atoms with van der Waals surface area (Å²) in [4.78, 5) is 48.7. The molecule has 1 fully saturated rings. The van der Waals surface area contributed by atoms with E-state index < -0.39 is 34.9 Å². The SMILES string of the molecule is C[C@@]1(c2ccccc2Br)NC(=O)N(CC(=O)Nc2cc([N+](=O)[O-])ccc2Cl)C1=O. The number of hydrogen-bond donors (Lipinski definition) is 2. The molecular formula is C18H14BrClN4O5. The summed E-state index contributed by atoms with van der Waals surface area (Å²) < 4.78 is 0.630. The van der Waals surface area contributed by atoms with Gasteiger partial charge in [-0.15, -0.1) is 0 Å². The molecule has 150 valence electrons. The first-order valence-corrected chi connectivity index (χ1v) is 9.43. The van der Waals surface area contributed by atoms with Crippen molar-refractivity contribution in [3.05, 3.63) is 67.6 Å². The Labute approximate surface area is 178 Å². The van der Waals surface area contributed by atoms with E-state index >= 15 is 0 Å². The normalized spacial score (nSPS) is 18.5. The Balaban J connectivity index is 1.79. The molecule has 1 aliphatic rings. The highest BCUT2D eigenvalue weighted by Crippen LogP contribution is 2.33. The van der Waals surface area contributed by atoms with Crippen LogP contribution in [0.5, 0.6) is 0 Å². The van der Waals surface area contributed by atoms with Crippen LogP contribution in [-0.4, -0.2) is 34.2 Å². The summed E-state index contributed by atoms with van der Waals surface area (Å²) in [7, 11) is 0. The second kappa shape index (κ2) is 7.80. The summed E-state index contributed by atoms with van der Waals surface area (Å²) in [6, 6.07) is 9.75. The molecule has 0 saturated carbocycles. The number of carbonyl (C=O) groups is 3. The van der Waals surface area contributed by atoms with Gasteiger partial charge < -0.3 is 10.6 Å². The van der Waals surface area contributed by atoms with Crippen molar-refractivity contribution >= 4 is 56.8 Å². The number of carbonyl (C=O) groups excluding carboxylic acids is 3. The van der Waals surface area contributed by atoms with Crippen LogP contribution in [0, 0.1) is 10.1 Å². The molecule has 1 saturated heterocycles. The van der Waals surface area contributed by atoms with Gasteiger partial charge in [0.25, 0.3) is 11.6 Å². The first kappa shape index (κ1) is 20.7. The maximum absolute atomic E-state index is 12.9. The Morgan fingerprint density at radius 3 is 2.66 bits per heavy atom. The van der Waals surface area contributed by atoms with Gasteiger partial charge >= 0.3 is 6.03 Å². The number of nitrogens with one attached hydrogen (secondary N) is 2. The van der Waals surface area contributed by atoms with Crippen molar-refractivity contribution in [3.8, 4) is 0 Å². The van der Waals surface area contributed by atoms with E-state index in [0.29, 0.717) is 10.0 Å². The second-order valence-electron chi connectivity index (χ2n) is 6.40. The fourth-order valence-electron chi connectivity index (χ4n) is 2.95. The fraction of sp³-hybridized carbons (Fsp3) is 0.167. The Kier molecular flexibility index (Phi) is 5.58. The van der Waals surface area contributed by atoms with Crippen molar-refractivity contribution in [1.82, 2.24) is 10.2 Å². The van der Waals surface area contributed by atoms with Gasteiger partial charge in [-0.3, -0.25) is 24.6 Å². The van der Waals surface area contributed by atoms with Crippen LogP contribution in [0.2, 0.25) is 5.02 Å². The first-order valence-electron chi connectivity index (χ1n) is 8.26. The number of hydrogen-bond acceptors (Lipinski definition) is 5. The van der Waals surface area contributed by atoms with Gasteiger partial charge in [0, 0.05) is 22.2 Å². The molecule has 11 heteroatoms. The van der Waals surface area contributed by atoms with Crippen LogP contribution in [0.1, 0.15) is 12.5 Å². The van der Waals surface area contributed by atoms with Gasteiger partial charge in [-0.05, 0) is 19.1 Å². The topological polar surface area (TPSA) is 122 Å². The quantitative estimate of drug-likeness (QED) is 0.385. The summed E-state index contributed by atoms with van der Waals surface area (Å²) in [5.74, 6) is -1.33. The van der Waals surface area contributed by atoms with Gasteiger partial charge in [0.1, 0.15) is 12.1 Å². The summed E-state index contributed by atoms with van der Waals surface area (Å²) in [5, 5.41) is 16.0. The lowest BCUT2D eigenvalue weighted by atomic mass is 9.92. The average Bonchev–Trinajstić information content (AvgIpc) is 2.87. The average molecular weight is 482 g/mol. The van der Waals surface area contributed by atoms with Crippen LogP contribution in [0.4, 0.5) is 16.2 Å². The zero-order valence-electron chi connectivity index (χ0n) is 14.9. The highest BCUT2D eigenvalue weighted by molar-refractivity contribution is 9.10. The number of nitro groups is 1. The van der Waals surface area contributed by atoms with Gasteiger partial charge in [-0.1, -0.05) is 45.7 Å². The Morgan fingerprint density at radius 2 is 2.00 bits per heavy atom. The second-order valence-corrected chi connectivity index (χ2v) is 7.66. The van der Waals surface area contributed by atoms with Gasteiger partial charge in [0.2, 0.25) is 5.91 Å². The third-order valence-electron chi connectivity index (χ3n) is 4.42. The van der Waals surface area contributed by atoms with Crippen LogP contribution >= 0.6 is 27.5 Å². The largest absolute Gasteiger partial charge is 0.325 e. The van der Waals surface area contributed by atoms with Crippen LogP contribution in [0.3, 0.4) is 0 Å². The number of amides is 4. The number of imide groups is 1. The smallest absolute Gasteiger partial charge is 0.323 e. The minimum Gasteiger partial charge on any atom is -0.323 e. The number of non-ortho nitro benzene ring substituents is 1. The third-order valence-corrected chi connectivity index (χ3v) is 5.45. The van der Waals surface area contributed by atoms with E-state index in [1.165, 1.54) is 12.1 Å². The first-order chi connectivity index (χ1) is 13.6. The van der Waals surface area contributed by atoms with E-state index in [0.717, 1.165) is 11.0 Å². The molecule has 0 aliphatic carbocycles. The number of nitrogens with zero attached hydrogens (tertiary/aromatic N) is 2. The molecule has 4 amide bonds. The molecule has 2 aromatic carbocycles. The molecule has 0 aromatic heterocycles.